The Bertz CT molecular complexity index is 3020. The number of benzene rings is 3. The van der Waals surface area contributed by atoms with Gasteiger partial charge >= 0.3 is 0 Å². The van der Waals surface area contributed by atoms with Crippen molar-refractivity contribution in [1.29, 1.82) is 5.26 Å². The number of nitriles is 1. The van der Waals surface area contributed by atoms with Gasteiger partial charge in [-0.15, -0.1) is 0 Å². The zero-order valence-electron chi connectivity index (χ0n) is 38.6. The standard InChI is InChI=1S/C29H30N6O2.C17H18ClN5.C5H6BrN3/c1-34-12-14-35(15-13-34)23-5-2-20(3-6-23)28-32-27-25(8-11-31-29(27)33-28)21-4-7-26(22(18-21)19-30)37-24-9-16-36-17-10-24;1-22-8-10-23(11-9-22)13-4-2-12(3-5-13)16-20-15-14(18)6-7-19-17(15)21-16;6-3-1-2-9-5(8)4(3)7/h2-8,11,18,24H,9-10,12-17H2,1H3,(H,31,32,33);2-7H,8-11H2,1H3,(H,19,20,21);1-2H,7H2,(H2,8,9). The number of hydrogen-bond donors (Lipinski definition) is 4. The summed E-state index contributed by atoms with van der Waals surface area (Å²) in [6.45, 7) is 9.98. The Morgan fingerprint density at radius 2 is 1.20 bits per heavy atom. The number of hydrogen-bond acceptors (Lipinski definition) is 14. The molecule has 5 aromatic heterocycles. The Morgan fingerprint density at radius 1 is 0.681 bits per heavy atom. The summed E-state index contributed by atoms with van der Waals surface area (Å²) in [6, 6.07) is 30.6. The molecule has 8 heterocycles. The molecule has 18 heteroatoms. The van der Waals surface area contributed by atoms with E-state index in [1.807, 2.05) is 24.3 Å². The highest BCUT2D eigenvalue weighted by atomic mass is 79.9. The second-order valence-corrected chi connectivity index (χ2v) is 18.5. The van der Waals surface area contributed by atoms with Gasteiger partial charge in [-0.25, -0.2) is 24.9 Å². The first-order chi connectivity index (χ1) is 33.6. The van der Waals surface area contributed by atoms with Crippen LogP contribution in [0.2, 0.25) is 5.02 Å². The van der Waals surface area contributed by atoms with Gasteiger partial charge in [0, 0.05) is 116 Å². The van der Waals surface area contributed by atoms with Crippen LogP contribution in [0.3, 0.4) is 0 Å². The summed E-state index contributed by atoms with van der Waals surface area (Å²) in [4.78, 5) is 38.1. The Hall–Kier alpha value is -6.81. The van der Waals surface area contributed by atoms with Crippen molar-refractivity contribution in [3.05, 3.63) is 119 Å². The van der Waals surface area contributed by atoms with E-state index in [1.165, 1.54) is 11.4 Å². The predicted molar refractivity (Wildman–Crippen MR) is 278 cm³/mol. The number of nitrogens with two attached hydrogens (primary N) is 2. The zero-order chi connectivity index (χ0) is 47.9. The number of aromatic nitrogens is 7. The lowest BCUT2D eigenvalue weighted by Crippen LogP contribution is -2.44. The third kappa shape index (κ3) is 11.2. The van der Waals surface area contributed by atoms with Crippen molar-refractivity contribution in [2.45, 2.75) is 18.9 Å². The lowest BCUT2D eigenvalue weighted by atomic mass is 10.0. The molecule has 11 rings (SSSR count). The number of aromatic amines is 2. The van der Waals surface area contributed by atoms with Gasteiger partial charge in [-0.2, -0.15) is 5.26 Å². The molecule has 0 aliphatic carbocycles. The fourth-order valence-corrected chi connectivity index (χ4v) is 8.93. The molecular weight excluding hydrogens is 956 g/mol. The summed E-state index contributed by atoms with van der Waals surface area (Å²) in [7, 11) is 4.34. The van der Waals surface area contributed by atoms with Crippen molar-refractivity contribution in [3.8, 4) is 45.7 Å². The van der Waals surface area contributed by atoms with E-state index in [0.29, 0.717) is 52.3 Å². The molecule has 3 aromatic carbocycles. The molecule has 0 saturated carbocycles. The zero-order valence-corrected chi connectivity index (χ0v) is 40.9. The second-order valence-electron chi connectivity index (χ2n) is 17.2. The van der Waals surface area contributed by atoms with E-state index in [1.54, 1.807) is 30.7 Å². The number of pyridine rings is 3. The first kappa shape index (κ1) is 47.3. The van der Waals surface area contributed by atoms with Crippen LogP contribution in [0.4, 0.5) is 22.9 Å². The fraction of sp³-hybridized carbons (Fsp3) is 0.294. The number of nitrogen functional groups attached to an aromatic ring is 2. The van der Waals surface area contributed by atoms with Gasteiger partial charge in [0.1, 0.15) is 40.9 Å². The molecule has 6 N–H and O–H groups in total. The van der Waals surface area contributed by atoms with E-state index in [0.717, 1.165) is 115 Å². The van der Waals surface area contributed by atoms with E-state index >= 15 is 0 Å². The van der Waals surface area contributed by atoms with E-state index in [4.69, 9.17) is 37.5 Å². The van der Waals surface area contributed by atoms with E-state index in [2.05, 4.69) is 134 Å². The molecule has 0 atom stereocenters. The smallest absolute Gasteiger partial charge is 0.179 e. The topological polar surface area (TPSA) is 203 Å². The van der Waals surface area contributed by atoms with Gasteiger partial charge in [-0.1, -0.05) is 17.7 Å². The first-order valence-electron chi connectivity index (χ1n) is 23.0. The number of H-pyrrole nitrogens is 2. The minimum atomic E-state index is 0.0807. The summed E-state index contributed by atoms with van der Waals surface area (Å²) in [5.74, 6) is 2.56. The normalized spacial score (nSPS) is 15.8. The van der Waals surface area contributed by atoms with Gasteiger partial charge in [0.2, 0.25) is 0 Å². The number of anilines is 4. The molecule has 3 saturated heterocycles. The Balaban J connectivity index is 0.000000156. The van der Waals surface area contributed by atoms with Crippen molar-refractivity contribution in [2.75, 3.05) is 101 Å². The molecule has 69 heavy (non-hydrogen) atoms. The minimum Gasteiger partial charge on any atom is -0.489 e. The summed E-state index contributed by atoms with van der Waals surface area (Å²) in [6.07, 6.45) is 6.78. The van der Waals surface area contributed by atoms with Crippen LogP contribution in [-0.4, -0.2) is 130 Å². The molecule has 0 radical (unpaired) electrons. The molecule has 0 spiro atoms. The number of rotatable bonds is 7. The molecule has 0 unspecified atom stereocenters. The number of fused-ring (bicyclic) bond motifs is 2. The van der Waals surface area contributed by atoms with Gasteiger partial charge in [0.15, 0.2) is 11.3 Å². The average molecular weight is 1010 g/mol. The van der Waals surface area contributed by atoms with Crippen LogP contribution in [-0.2, 0) is 4.74 Å². The molecule has 8 aromatic rings. The van der Waals surface area contributed by atoms with Crippen molar-refractivity contribution in [2.24, 2.45) is 0 Å². The molecule has 3 aliphatic rings. The highest BCUT2D eigenvalue weighted by Crippen LogP contribution is 2.33. The number of likely N-dealkylation sites (N-methyl/N-ethyl adjacent to an activating group) is 2. The summed E-state index contributed by atoms with van der Waals surface area (Å²) in [5.41, 5.74) is 21.2. The van der Waals surface area contributed by atoms with Crippen molar-refractivity contribution >= 4 is 72.7 Å². The van der Waals surface area contributed by atoms with Gasteiger partial charge < -0.3 is 50.5 Å². The SMILES string of the molecule is CN1CCN(c2ccc(-c3nc4nccc(-c5ccc(OC6CCOCC6)c(C#N)c5)c4[nH]3)cc2)CC1.CN1CCN(c2ccc(-c3nc4nccc(Cl)c4[nH]3)cc2)CC1.Nc1nccc(Br)c1N. The van der Waals surface area contributed by atoms with Crippen LogP contribution in [0, 0.1) is 11.3 Å². The van der Waals surface area contributed by atoms with Crippen molar-refractivity contribution in [3.63, 3.8) is 0 Å². The molecular formula is C51H54BrClN14O2. The maximum atomic E-state index is 9.82. The molecule has 3 aliphatic heterocycles. The fourth-order valence-electron chi connectivity index (χ4n) is 8.42. The third-order valence-electron chi connectivity index (χ3n) is 12.6. The summed E-state index contributed by atoms with van der Waals surface area (Å²) < 4.78 is 12.3. The van der Waals surface area contributed by atoms with Crippen LogP contribution < -0.4 is 26.0 Å². The van der Waals surface area contributed by atoms with Gasteiger partial charge in [-0.3, -0.25) is 0 Å². The van der Waals surface area contributed by atoms with Crippen LogP contribution >= 0.6 is 27.5 Å². The average Bonchev–Trinajstić information content (AvgIpc) is 4.04. The number of nitrogens with one attached hydrogen (secondary N) is 2. The molecule has 16 nitrogen and oxygen atoms in total. The maximum Gasteiger partial charge on any atom is 0.179 e. The Morgan fingerprint density at radius 3 is 1.74 bits per heavy atom. The number of nitrogens with zero attached hydrogens (tertiary/aromatic N) is 10. The van der Waals surface area contributed by atoms with Crippen molar-refractivity contribution < 1.29 is 9.47 Å². The number of piperazine rings is 2. The molecule has 3 fully saturated rings. The summed E-state index contributed by atoms with van der Waals surface area (Å²) in [5, 5.41) is 10.5. The monoisotopic (exact) mass is 1010 g/mol. The van der Waals surface area contributed by atoms with Gasteiger partial charge in [-0.05, 0) is 114 Å². The second kappa shape index (κ2) is 21.6. The predicted octanol–water partition coefficient (Wildman–Crippen LogP) is 8.51. The molecule has 0 bridgehead atoms. The van der Waals surface area contributed by atoms with Gasteiger partial charge in [0.05, 0.1) is 35.0 Å². The van der Waals surface area contributed by atoms with Crippen molar-refractivity contribution in [1.82, 2.24) is 44.7 Å². The highest BCUT2D eigenvalue weighted by Gasteiger charge is 2.20. The van der Waals surface area contributed by atoms with E-state index in [9.17, 15) is 5.26 Å². The lowest BCUT2D eigenvalue weighted by molar-refractivity contribution is 0.0254. The van der Waals surface area contributed by atoms with Crippen LogP contribution in [0.1, 0.15) is 18.4 Å². The largest absolute Gasteiger partial charge is 0.489 e. The maximum absolute atomic E-state index is 9.82. The minimum absolute atomic E-state index is 0.0807. The molecule has 354 valence electrons. The van der Waals surface area contributed by atoms with Crippen LogP contribution in [0.5, 0.6) is 5.75 Å². The number of halogens is 2. The van der Waals surface area contributed by atoms with E-state index < -0.39 is 0 Å². The third-order valence-corrected chi connectivity index (χ3v) is 13.6. The first-order valence-corrected chi connectivity index (χ1v) is 24.1. The number of ether oxygens (including phenoxy) is 2. The van der Waals surface area contributed by atoms with Crippen LogP contribution in [0.25, 0.3) is 56.2 Å². The van der Waals surface area contributed by atoms with E-state index in [-0.39, 0.29) is 6.10 Å². The lowest BCUT2D eigenvalue weighted by Gasteiger charge is -2.34. The van der Waals surface area contributed by atoms with Gasteiger partial charge in [0.25, 0.3) is 0 Å². The number of imidazole rings is 2. The highest BCUT2D eigenvalue weighted by molar-refractivity contribution is 9.10. The van der Waals surface area contributed by atoms with Crippen LogP contribution in [0.15, 0.2) is 108 Å². The molecule has 0 amide bonds. The Labute approximate surface area is 414 Å². The Kier molecular flexibility index (Phi) is 14.8. The quantitative estimate of drug-likeness (QED) is 0.118. The summed E-state index contributed by atoms with van der Waals surface area (Å²) >= 11 is 9.38.